The minimum atomic E-state index is -1.79. The molecule has 2 aliphatic rings. The number of fused-ring (bicyclic) bond motifs is 2. The summed E-state index contributed by atoms with van der Waals surface area (Å²) in [6.45, 7) is 13.1. The summed E-state index contributed by atoms with van der Waals surface area (Å²) < 4.78 is 41.0. The van der Waals surface area contributed by atoms with E-state index < -0.39 is 109 Å². The number of hydrogen-bond acceptors (Lipinski definition) is 16. The number of aliphatic hydroxyl groups excluding tert-OH is 1. The standard InChI is InChI=1S/C43H57NO15/c1-22-33(54-25(4)46)19-32-36(56-27(6)48)18-31(21-53-24(3)45)35(59-42(52)39(51)38(44(11)12)30-16-14-13-15-17-30)20-34(55-26(5)47)23(2)40(57-28(7)49)41(58-29(8)50)37(22)43(32,9)10/h13-18,32-36,38-39,41,51H,19-21H2,1-12H3. The number of rotatable bonds is 12. The highest BCUT2D eigenvalue weighted by Crippen LogP contribution is 2.52. The van der Waals surface area contributed by atoms with Crippen LogP contribution in [-0.2, 0) is 66.7 Å². The Morgan fingerprint density at radius 2 is 1.25 bits per heavy atom. The quantitative estimate of drug-likeness (QED) is 0.176. The molecule has 0 fully saturated rings. The van der Waals surface area contributed by atoms with Gasteiger partial charge < -0.3 is 38.3 Å². The predicted octanol–water partition coefficient (Wildman–Crippen LogP) is 4.38. The third-order valence-corrected chi connectivity index (χ3v) is 10.4. The van der Waals surface area contributed by atoms with Gasteiger partial charge in [0.15, 0.2) is 18.0 Å². The average Bonchev–Trinajstić information content (AvgIpc) is 3.10. The fourth-order valence-corrected chi connectivity index (χ4v) is 7.88. The maximum atomic E-state index is 14.2. The van der Waals surface area contributed by atoms with Gasteiger partial charge in [0.25, 0.3) is 0 Å². The molecule has 8 unspecified atom stereocenters. The smallest absolute Gasteiger partial charge is 0.337 e. The molecule has 59 heavy (non-hydrogen) atoms. The van der Waals surface area contributed by atoms with Crippen LogP contribution in [0, 0.1) is 11.3 Å². The van der Waals surface area contributed by atoms with Gasteiger partial charge in [-0.15, -0.1) is 0 Å². The Morgan fingerprint density at radius 3 is 1.75 bits per heavy atom. The van der Waals surface area contributed by atoms with E-state index in [0.717, 1.165) is 27.7 Å². The number of benzene rings is 1. The first-order chi connectivity index (χ1) is 27.5. The van der Waals surface area contributed by atoms with Crippen molar-refractivity contribution < 1.29 is 71.8 Å². The van der Waals surface area contributed by atoms with E-state index in [1.807, 2.05) is 0 Å². The number of likely N-dealkylation sites (N-methyl/N-ethyl adjacent to an activating group) is 1. The summed E-state index contributed by atoms with van der Waals surface area (Å²) in [6, 6.07) is 7.83. The summed E-state index contributed by atoms with van der Waals surface area (Å²) in [5, 5.41) is 11.6. The van der Waals surface area contributed by atoms with Crippen molar-refractivity contribution in [3.63, 3.8) is 0 Å². The fraction of sp³-hybridized carbons (Fsp3) is 0.558. The minimum Gasteiger partial charge on any atom is -0.461 e. The average molecular weight is 828 g/mol. The highest BCUT2D eigenvalue weighted by molar-refractivity contribution is 5.76. The van der Waals surface area contributed by atoms with E-state index in [-0.39, 0.29) is 23.3 Å². The molecular formula is C43H57NO15. The lowest BCUT2D eigenvalue weighted by molar-refractivity contribution is -0.164. The molecule has 0 amide bonds. The van der Waals surface area contributed by atoms with Crippen LogP contribution in [0.25, 0.3) is 0 Å². The van der Waals surface area contributed by atoms with Gasteiger partial charge in [0, 0.05) is 65.0 Å². The summed E-state index contributed by atoms with van der Waals surface area (Å²) in [5.74, 6) is -6.71. The van der Waals surface area contributed by atoms with Gasteiger partial charge in [-0.2, -0.15) is 0 Å². The molecule has 324 valence electrons. The third-order valence-electron chi connectivity index (χ3n) is 10.4. The lowest BCUT2D eigenvalue weighted by atomic mass is 9.60. The van der Waals surface area contributed by atoms with Gasteiger partial charge in [0.2, 0.25) is 0 Å². The van der Waals surface area contributed by atoms with Gasteiger partial charge >= 0.3 is 41.8 Å². The molecule has 0 spiro atoms. The maximum absolute atomic E-state index is 14.2. The molecule has 1 aromatic carbocycles. The van der Waals surface area contributed by atoms with Crippen LogP contribution in [-0.4, -0.2) is 109 Å². The van der Waals surface area contributed by atoms with Crippen molar-refractivity contribution in [2.24, 2.45) is 11.3 Å². The molecule has 0 aromatic heterocycles. The summed E-state index contributed by atoms with van der Waals surface area (Å²) in [7, 11) is 3.33. The normalized spacial score (nSPS) is 24.2. The van der Waals surface area contributed by atoms with Gasteiger partial charge in [-0.05, 0) is 62.6 Å². The Bertz CT molecular complexity index is 1860. The predicted molar refractivity (Wildman–Crippen MR) is 209 cm³/mol. The first-order valence-electron chi connectivity index (χ1n) is 19.2. The third kappa shape index (κ3) is 12.6. The number of esters is 7. The van der Waals surface area contributed by atoms with E-state index in [1.54, 1.807) is 70.1 Å². The van der Waals surface area contributed by atoms with Crippen molar-refractivity contribution >= 4 is 41.8 Å². The molecule has 1 N–H and O–H groups in total. The van der Waals surface area contributed by atoms with Crippen LogP contribution in [0.3, 0.4) is 0 Å². The molecule has 0 saturated heterocycles. The number of hydrogen-bond donors (Lipinski definition) is 1. The largest absolute Gasteiger partial charge is 0.461 e. The molecule has 0 saturated carbocycles. The van der Waals surface area contributed by atoms with E-state index in [9.17, 15) is 38.7 Å². The second-order valence-corrected chi connectivity index (χ2v) is 15.5. The van der Waals surface area contributed by atoms with E-state index >= 15 is 0 Å². The van der Waals surface area contributed by atoms with Crippen LogP contribution < -0.4 is 0 Å². The molecule has 8 atom stereocenters. The van der Waals surface area contributed by atoms with Gasteiger partial charge in [-0.3, -0.25) is 33.7 Å². The number of carbonyl (C=O) groups is 7. The second-order valence-electron chi connectivity index (χ2n) is 15.5. The molecule has 16 nitrogen and oxygen atoms in total. The van der Waals surface area contributed by atoms with Crippen molar-refractivity contribution in [3.8, 4) is 0 Å². The Kier molecular flexibility index (Phi) is 16.7. The van der Waals surface area contributed by atoms with Crippen LogP contribution in [0.5, 0.6) is 0 Å². The van der Waals surface area contributed by atoms with Gasteiger partial charge in [0.1, 0.15) is 31.0 Å². The topological polar surface area (TPSA) is 208 Å². The molecule has 0 heterocycles. The van der Waals surface area contributed by atoms with E-state index in [1.165, 1.54) is 26.8 Å². The number of aliphatic hydroxyl groups is 1. The monoisotopic (exact) mass is 827 g/mol. The molecule has 16 heteroatoms. The zero-order chi connectivity index (χ0) is 44.5. The zero-order valence-corrected chi connectivity index (χ0v) is 35.8. The number of nitrogens with zero attached hydrogens (tertiary/aromatic N) is 1. The van der Waals surface area contributed by atoms with Crippen molar-refractivity contribution in [1.82, 2.24) is 4.90 Å². The Balaban J connectivity index is 2.53. The highest BCUT2D eigenvalue weighted by Gasteiger charge is 2.52. The lowest BCUT2D eigenvalue weighted by Gasteiger charge is -2.48. The molecule has 0 radical (unpaired) electrons. The highest BCUT2D eigenvalue weighted by atomic mass is 16.6. The fourth-order valence-electron chi connectivity index (χ4n) is 7.88. The van der Waals surface area contributed by atoms with Crippen molar-refractivity contribution in [2.75, 3.05) is 20.7 Å². The SMILES string of the molecule is CC(=O)OCC1=CC(OC(C)=O)C2CC(OC(C)=O)C(C)=C(C(OC(C)=O)C(OC(C)=O)=C(C)C(OC(C)=O)CC1OC(=O)C(O)C(c1ccccc1)N(C)C)C2(C)C. The molecule has 0 aliphatic heterocycles. The maximum Gasteiger partial charge on any atom is 0.337 e. The summed E-state index contributed by atoms with van der Waals surface area (Å²) in [4.78, 5) is 92.3. The summed E-state index contributed by atoms with van der Waals surface area (Å²) in [6.07, 6.45) is -7.34. The first kappa shape index (κ1) is 48.0. The van der Waals surface area contributed by atoms with E-state index in [2.05, 4.69) is 0 Å². The van der Waals surface area contributed by atoms with Crippen molar-refractivity contribution in [1.29, 1.82) is 0 Å². The van der Waals surface area contributed by atoms with Crippen LogP contribution in [0.15, 0.2) is 64.5 Å². The number of ether oxygens (including phenoxy) is 7. The number of carbonyl (C=O) groups excluding carboxylic acids is 7. The second kappa shape index (κ2) is 20.6. The summed E-state index contributed by atoms with van der Waals surface area (Å²) in [5.41, 5.74) is 0.338. The van der Waals surface area contributed by atoms with Crippen LogP contribution in [0.2, 0.25) is 0 Å². The van der Waals surface area contributed by atoms with Crippen LogP contribution >= 0.6 is 0 Å². The molecule has 3 rings (SSSR count). The first-order valence-corrected chi connectivity index (χ1v) is 19.2. The lowest BCUT2D eigenvalue weighted by Crippen LogP contribution is -2.49. The van der Waals surface area contributed by atoms with Crippen molar-refractivity contribution in [3.05, 3.63) is 70.0 Å². The van der Waals surface area contributed by atoms with Crippen LogP contribution in [0.4, 0.5) is 0 Å². The zero-order valence-electron chi connectivity index (χ0n) is 35.8. The summed E-state index contributed by atoms with van der Waals surface area (Å²) >= 11 is 0. The van der Waals surface area contributed by atoms with Crippen LogP contribution in [0.1, 0.15) is 93.7 Å². The van der Waals surface area contributed by atoms with E-state index in [0.29, 0.717) is 16.7 Å². The molecule has 1 aromatic rings. The van der Waals surface area contributed by atoms with Gasteiger partial charge in [0.05, 0.1) is 6.04 Å². The van der Waals surface area contributed by atoms with Gasteiger partial charge in [-0.25, -0.2) is 4.79 Å². The van der Waals surface area contributed by atoms with Gasteiger partial charge in [-0.1, -0.05) is 44.2 Å². The minimum absolute atomic E-state index is 0.0520. The molecule has 2 bridgehead atoms. The Labute approximate surface area is 344 Å². The van der Waals surface area contributed by atoms with E-state index in [4.69, 9.17) is 33.2 Å². The van der Waals surface area contributed by atoms with Crippen molar-refractivity contribution in [2.45, 2.75) is 125 Å². The molecular weight excluding hydrogens is 770 g/mol. The Morgan fingerprint density at radius 1 is 0.712 bits per heavy atom. The molecule has 2 aliphatic carbocycles. The Hall–Kier alpha value is -5.35.